The van der Waals surface area contributed by atoms with Crippen LogP contribution in [0.2, 0.25) is 0 Å². The maximum absolute atomic E-state index is 5.26. The van der Waals surface area contributed by atoms with Crippen LogP contribution in [0.5, 0.6) is 5.88 Å². The first kappa shape index (κ1) is 12.5. The predicted octanol–water partition coefficient (Wildman–Crippen LogP) is 0.110. The van der Waals surface area contributed by atoms with E-state index in [1.165, 1.54) is 32.5 Å². The second-order valence-electron chi connectivity index (χ2n) is 5.32. The second-order valence-corrected chi connectivity index (χ2v) is 5.32. The van der Waals surface area contributed by atoms with E-state index >= 15 is 0 Å². The van der Waals surface area contributed by atoms with Crippen molar-refractivity contribution in [2.24, 2.45) is 17.0 Å². The normalized spacial score (nSPS) is 29.8. The molecule has 4 rings (SSSR count). The van der Waals surface area contributed by atoms with Crippen molar-refractivity contribution >= 4 is 6.21 Å². The van der Waals surface area contributed by atoms with E-state index in [9.17, 15) is 0 Å². The van der Waals surface area contributed by atoms with E-state index < -0.39 is 0 Å². The Labute approximate surface area is 112 Å². The fourth-order valence-electron chi connectivity index (χ4n) is 3.04. The van der Waals surface area contributed by atoms with Gasteiger partial charge in [-0.3, -0.25) is 0 Å². The number of nitrogens with zero attached hydrogens (tertiary/aromatic N) is 2. The fraction of sp³-hybridized carbons (Fsp3) is 0.692. The highest BCUT2D eigenvalue weighted by atomic mass is 16.6. The zero-order valence-electron chi connectivity index (χ0n) is 11.2. The Morgan fingerprint density at radius 1 is 1.53 bits per heavy atom. The summed E-state index contributed by atoms with van der Waals surface area (Å²) in [5, 5.41) is 7.78. The molecule has 1 unspecified atom stereocenters. The van der Waals surface area contributed by atoms with Crippen molar-refractivity contribution in [3.63, 3.8) is 0 Å². The number of methoxy groups -OCH3 is 1. The average molecular weight is 266 g/mol. The molecular formula is C13H20N3O3+. The van der Waals surface area contributed by atoms with Crippen LogP contribution >= 0.6 is 0 Å². The summed E-state index contributed by atoms with van der Waals surface area (Å²) in [6, 6.07) is 1.70. The predicted molar refractivity (Wildman–Crippen MR) is 68.1 cm³/mol. The van der Waals surface area contributed by atoms with Crippen molar-refractivity contribution < 1.29 is 19.0 Å². The Bertz CT molecular complexity index is 438. The number of ether oxygens (including phenoxy) is 1. The van der Waals surface area contributed by atoms with Gasteiger partial charge in [0.2, 0.25) is 0 Å². The molecule has 3 aliphatic rings. The zero-order valence-corrected chi connectivity index (χ0v) is 11.2. The summed E-state index contributed by atoms with van der Waals surface area (Å²) >= 11 is 0. The van der Waals surface area contributed by atoms with Gasteiger partial charge in [-0.1, -0.05) is 5.16 Å². The largest absolute Gasteiger partial charge is 0.479 e. The average Bonchev–Trinajstić information content (AvgIpc) is 2.93. The van der Waals surface area contributed by atoms with Crippen LogP contribution in [0, 0.1) is 11.8 Å². The Morgan fingerprint density at radius 3 is 3.00 bits per heavy atom. The third-order valence-electron chi connectivity index (χ3n) is 4.15. The van der Waals surface area contributed by atoms with Gasteiger partial charge >= 0.3 is 0 Å². The van der Waals surface area contributed by atoms with E-state index in [-0.39, 0.29) is 0 Å². The molecule has 0 aliphatic carbocycles. The monoisotopic (exact) mass is 266 g/mol. The molecule has 0 amide bonds. The van der Waals surface area contributed by atoms with Crippen molar-refractivity contribution in [3.05, 3.63) is 11.8 Å². The van der Waals surface area contributed by atoms with Gasteiger partial charge in [0, 0.05) is 18.9 Å². The third kappa shape index (κ3) is 2.89. The minimum atomic E-state index is 0.292. The van der Waals surface area contributed by atoms with Crippen LogP contribution in [0.25, 0.3) is 0 Å². The molecule has 4 heterocycles. The first-order valence-corrected chi connectivity index (χ1v) is 6.84. The van der Waals surface area contributed by atoms with Crippen molar-refractivity contribution in [1.82, 2.24) is 5.16 Å². The molecular weight excluding hydrogens is 246 g/mol. The number of nitrogens with one attached hydrogen (secondary N) is 1. The molecule has 0 radical (unpaired) electrons. The lowest BCUT2D eigenvalue weighted by Crippen LogP contribution is -3.15. The van der Waals surface area contributed by atoms with Gasteiger partial charge in [0.05, 0.1) is 38.9 Å². The lowest BCUT2D eigenvalue weighted by Gasteiger charge is -2.40. The number of rotatable bonds is 5. The number of piperidine rings is 3. The van der Waals surface area contributed by atoms with Crippen LogP contribution in [-0.4, -0.2) is 38.1 Å². The summed E-state index contributed by atoms with van der Waals surface area (Å²) in [6.45, 7) is 4.15. The Morgan fingerprint density at radius 2 is 2.37 bits per heavy atom. The first-order valence-electron chi connectivity index (χ1n) is 6.84. The highest BCUT2D eigenvalue weighted by molar-refractivity contribution is 5.60. The summed E-state index contributed by atoms with van der Waals surface area (Å²) < 4.78 is 9.95. The number of fused-ring (bicyclic) bond motifs is 3. The smallest absolute Gasteiger partial charge is 0.254 e. The van der Waals surface area contributed by atoms with Crippen LogP contribution in [0.3, 0.4) is 0 Å². The maximum Gasteiger partial charge on any atom is 0.254 e. The second kappa shape index (κ2) is 5.61. The molecule has 1 aromatic heterocycles. The van der Waals surface area contributed by atoms with Gasteiger partial charge in [-0.25, -0.2) is 0 Å². The number of quaternary nitrogens is 1. The first-order chi connectivity index (χ1) is 9.35. The van der Waals surface area contributed by atoms with Gasteiger partial charge in [-0.2, -0.15) is 0 Å². The van der Waals surface area contributed by atoms with Crippen molar-refractivity contribution in [2.45, 2.75) is 19.4 Å². The molecule has 6 nitrogen and oxygen atoms in total. The van der Waals surface area contributed by atoms with Crippen LogP contribution in [0.15, 0.2) is 15.7 Å². The van der Waals surface area contributed by atoms with Crippen molar-refractivity contribution in [2.75, 3.05) is 26.7 Å². The number of oxime groups is 1. The van der Waals surface area contributed by atoms with E-state index in [1.54, 1.807) is 18.1 Å². The molecule has 1 aromatic rings. The highest BCUT2D eigenvalue weighted by Crippen LogP contribution is 2.22. The standard InChI is InChI=1S/C13H19N3O3/c1-17-13-6-12(19-15-13)9-18-14-7-11-8-16-4-2-10(11)3-5-16/h6-7,10-11H,2-5,8-9H2,1H3/p+1/b14-7+. The van der Waals surface area contributed by atoms with Gasteiger partial charge in [-0.05, 0) is 11.1 Å². The van der Waals surface area contributed by atoms with E-state index in [4.69, 9.17) is 14.1 Å². The fourth-order valence-corrected chi connectivity index (χ4v) is 3.04. The minimum absolute atomic E-state index is 0.292. The van der Waals surface area contributed by atoms with Gasteiger partial charge < -0.3 is 19.0 Å². The molecule has 3 saturated heterocycles. The molecule has 19 heavy (non-hydrogen) atoms. The lowest BCUT2D eigenvalue weighted by molar-refractivity contribution is -0.919. The topological polar surface area (TPSA) is 61.3 Å². The molecule has 0 aromatic carbocycles. The van der Waals surface area contributed by atoms with Gasteiger partial charge in [0.25, 0.3) is 5.88 Å². The lowest BCUT2D eigenvalue weighted by atomic mass is 9.80. The molecule has 1 N–H and O–H groups in total. The number of hydrogen-bond donors (Lipinski definition) is 1. The molecule has 0 spiro atoms. The van der Waals surface area contributed by atoms with Crippen LogP contribution < -0.4 is 9.64 Å². The maximum atomic E-state index is 5.26. The van der Waals surface area contributed by atoms with E-state index in [1.807, 2.05) is 6.21 Å². The summed E-state index contributed by atoms with van der Waals surface area (Å²) in [7, 11) is 1.55. The molecule has 1 atom stereocenters. The van der Waals surface area contributed by atoms with Gasteiger partial charge in [0.1, 0.15) is 0 Å². The van der Waals surface area contributed by atoms with Gasteiger partial charge in [-0.15, -0.1) is 0 Å². The van der Waals surface area contributed by atoms with Gasteiger partial charge in [0.15, 0.2) is 12.4 Å². The van der Waals surface area contributed by atoms with Crippen LogP contribution in [0.1, 0.15) is 18.6 Å². The molecule has 104 valence electrons. The molecule has 2 bridgehead atoms. The quantitative estimate of drug-likeness (QED) is 0.607. The summed E-state index contributed by atoms with van der Waals surface area (Å²) in [6.07, 6.45) is 4.62. The van der Waals surface area contributed by atoms with E-state index in [2.05, 4.69) is 10.3 Å². The minimum Gasteiger partial charge on any atom is -0.479 e. The Hall–Kier alpha value is -1.56. The summed E-state index contributed by atoms with van der Waals surface area (Å²) in [5.41, 5.74) is 0. The molecule has 0 saturated carbocycles. The van der Waals surface area contributed by atoms with E-state index in [0.717, 1.165) is 5.92 Å². The number of aromatic nitrogens is 1. The molecule has 3 aliphatic heterocycles. The summed E-state index contributed by atoms with van der Waals surface area (Å²) in [5.74, 6) is 2.45. The zero-order chi connectivity index (χ0) is 13.1. The third-order valence-corrected chi connectivity index (χ3v) is 4.15. The molecule has 6 heteroatoms. The Balaban J connectivity index is 1.45. The van der Waals surface area contributed by atoms with E-state index in [0.29, 0.717) is 24.2 Å². The van der Waals surface area contributed by atoms with Crippen LogP contribution in [-0.2, 0) is 11.4 Å². The Kier molecular flexibility index (Phi) is 3.68. The molecule has 3 fully saturated rings. The van der Waals surface area contributed by atoms with Crippen molar-refractivity contribution in [3.8, 4) is 5.88 Å². The highest BCUT2D eigenvalue weighted by Gasteiger charge is 2.36. The SMILES string of the molecule is COc1cc(CO/N=C/C2C[NH+]3CCC2CC3)on1. The summed E-state index contributed by atoms with van der Waals surface area (Å²) in [4.78, 5) is 6.97. The van der Waals surface area contributed by atoms with Crippen LogP contribution in [0.4, 0.5) is 0 Å². The number of hydrogen-bond acceptors (Lipinski definition) is 5. The van der Waals surface area contributed by atoms with Crippen molar-refractivity contribution in [1.29, 1.82) is 0 Å².